The summed E-state index contributed by atoms with van der Waals surface area (Å²) >= 11 is 12.3. The van der Waals surface area contributed by atoms with E-state index >= 15 is 0 Å². The molecule has 1 amide bonds. The summed E-state index contributed by atoms with van der Waals surface area (Å²) < 4.78 is 12.5. The van der Waals surface area contributed by atoms with Gasteiger partial charge in [-0.25, -0.2) is 4.79 Å². The number of hydrogen-bond acceptors (Lipinski definition) is 4. The molecule has 0 saturated carbocycles. The van der Waals surface area contributed by atoms with Gasteiger partial charge in [-0.2, -0.15) is 0 Å². The van der Waals surface area contributed by atoms with Gasteiger partial charge in [0.15, 0.2) is 0 Å². The van der Waals surface area contributed by atoms with Crippen LogP contribution < -0.4 is 10.8 Å². The van der Waals surface area contributed by atoms with Gasteiger partial charge in [0.2, 0.25) is 0 Å². The second-order valence-corrected chi connectivity index (χ2v) is 10.4. The molecule has 0 radical (unpaired) electrons. The number of fused-ring (bicyclic) bond motifs is 1. The van der Waals surface area contributed by atoms with Crippen LogP contribution in [0, 0.1) is 0 Å². The summed E-state index contributed by atoms with van der Waals surface area (Å²) in [5.74, 6) is -1.81. The summed E-state index contributed by atoms with van der Waals surface area (Å²) in [5, 5.41) is 14.5. The third kappa shape index (κ3) is 4.91. The number of hydrogen-bond donors (Lipinski definition) is 2. The first-order valence-electron chi connectivity index (χ1n) is 11.2. The lowest BCUT2D eigenvalue weighted by atomic mass is 9.75. The Hall–Kier alpha value is -2.58. The molecule has 6 nitrogen and oxygen atoms in total. The minimum Gasteiger partial charge on any atom is -0.480 e. The van der Waals surface area contributed by atoms with Gasteiger partial charge in [-0.3, -0.25) is 4.79 Å². The first kappa shape index (κ1) is 25.5. The Morgan fingerprint density at radius 3 is 2.06 bits per heavy atom. The summed E-state index contributed by atoms with van der Waals surface area (Å²) in [4.78, 5) is 24.9. The number of carbonyl (C=O) groups is 2. The highest BCUT2D eigenvalue weighted by atomic mass is 35.5. The van der Waals surface area contributed by atoms with E-state index in [0.29, 0.717) is 0 Å². The van der Waals surface area contributed by atoms with Crippen LogP contribution in [0.5, 0.6) is 0 Å². The average molecular weight is 514 g/mol. The Bertz CT molecular complexity index is 1270. The van der Waals surface area contributed by atoms with Crippen molar-refractivity contribution < 1.29 is 24.0 Å². The van der Waals surface area contributed by atoms with Crippen molar-refractivity contribution in [1.82, 2.24) is 5.32 Å². The van der Waals surface area contributed by atoms with Crippen LogP contribution in [0.2, 0.25) is 10.0 Å². The van der Waals surface area contributed by atoms with E-state index in [9.17, 15) is 14.7 Å². The highest BCUT2D eigenvalue weighted by molar-refractivity contribution is 6.65. The Morgan fingerprint density at radius 1 is 0.914 bits per heavy atom. The molecule has 1 aliphatic rings. The molecular weight excluding hydrogens is 488 g/mol. The predicted molar refractivity (Wildman–Crippen MR) is 139 cm³/mol. The van der Waals surface area contributed by atoms with Crippen molar-refractivity contribution in [3.8, 4) is 0 Å². The quantitative estimate of drug-likeness (QED) is 0.459. The number of carboxylic acid groups (broad SMARTS) is 1. The molecule has 1 heterocycles. The molecular formula is C26H26BCl2NO5. The predicted octanol–water partition coefficient (Wildman–Crippen LogP) is 4.87. The molecule has 1 atom stereocenters. The van der Waals surface area contributed by atoms with Crippen molar-refractivity contribution >= 4 is 58.4 Å². The summed E-state index contributed by atoms with van der Waals surface area (Å²) in [6, 6.07) is 14.9. The van der Waals surface area contributed by atoms with Gasteiger partial charge in [0.1, 0.15) is 6.04 Å². The second-order valence-electron chi connectivity index (χ2n) is 9.61. The standard InChI is InChI=1S/C26H26BCl2NO5/c1-25(2)26(3,4)35-27(34-25)18-13-12-15(16-8-5-6-9-17(16)18)14-21(24(32)33)30-23(31)22-19(28)10-7-11-20(22)29/h5-13,21H,14H2,1-4H3,(H,30,31)(H,32,33)/t21-/m0/s1. The van der Waals surface area contributed by atoms with Gasteiger partial charge in [0.05, 0.1) is 26.8 Å². The van der Waals surface area contributed by atoms with E-state index < -0.39 is 36.2 Å². The lowest BCUT2D eigenvalue weighted by molar-refractivity contribution is -0.139. The van der Waals surface area contributed by atoms with Crippen molar-refractivity contribution in [1.29, 1.82) is 0 Å². The summed E-state index contributed by atoms with van der Waals surface area (Å²) in [7, 11) is -0.559. The largest absolute Gasteiger partial charge is 0.495 e. The highest BCUT2D eigenvalue weighted by Gasteiger charge is 2.52. The summed E-state index contributed by atoms with van der Waals surface area (Å²) in [5.41, 5.74) is 0.690. The number of rotatable bonds is 6. The fraction of sp³-hybridized carbons (Fsp3) is 0.308. The van der Waals surface area contributed by atoms with E-state index in [4.69, 9.17) is 32.5 Å². The van der Waals surface area contributed by atoms with Gasteiger partial charge in [0, 0.05) is 6.42 Å². The maximum absolute atomic E-state index is 12.8. The van der Waals surface area contributed by atoms with Crippen LogP contribution in [0.25, 0.3) is 10.8 Å². The van der Waals surface area contributed by atoms with E-state index in [0.717, 1.165) is 21.8 Å². The Labute approximate surface area is 214 Å². The molecule has 9 heteroatoms. The molecule has 35 heavy (non-hydrogen) atoms. The molecule has 4 rings (SSSR count). The zero-order chi connectivity index (χ0) is 25.5. The van der Waals surface area contributed by atoms with Crippen molar-refractivity contribution in [2.24, 2.45) is 0 Å². The fourth-order valence-corrected chi connectivity index (χ4v) is 4.67. The Kier molecular flexibility index (Phi) is 6.90. The van der Waals surface area contributed by atoms with Crippen molar-refractivity contribution in [3.05, 3.63) is 75.8 Å². The van der Waals surface area contributed by atoms with Gasteiger partial charge in [0.25, 0.3) is 5.91 Å². The number of benzene rings is 3. The SMILES string of the molecule is CC1(C)OB(c2ccc(C[C@H](NC(=O)c3c(Cl)cccc3Cl)C(=O)O)c3ccccc23)OC1(C)C. The average Bonchev–Trinajstić information content (AvgIpc) is 2.99. The molecule has 182 valence electrons. The maximum atomic E-state index is 12.8. The number of halogens is 2. The van der Waals surface area contributed by atoms with Crippen LogP contribution in [0.3, 0.4) is 0 Å². The molecule has 0 bridgehead atoms. The number of aliphatic carboxylic acids is 1. The van der Waals surface area contributed by atoms with Crippen LogP contribution in [-0.4, -0.2) is 41.3 Å². The third-order valence-electron chi connectivity index (χ3n) is 6.77. The van der Waals surface area contributed by atoms with Gasteiger partial charge >= 0.3 is 13.1 Å². The minimum atomic E-state index is -1.19. The normalized spacial score (nSPS) is 17.4. The Balaban J connectivity index is 1.65. The topological polar surface area (TPSA) is 84.9 Å². The number of nitrogens with one attached hydrogen (secondary N) is 1. The summed E-state index contributed by atoms with van der Waals surface area (Å²) in [6.45, 7) is 7.98. The van der Waals surface area contributed by atoms with Crippen LogP contribution in [0.15, 0.2) is 54.6 Å². The fourth-order valence-electron chi connectivity index (χ4n) is 4.10. The lowest BCUT2D eigenvalue weighted by Gasteiger charge is -2.32. The minimum absolute atomic E-state index is 0.0445. The molecule has 0 aromatic heterocycles. The lowest BCUT2D eigenvalue weighted by Crippen LogP contribution is -2.42. The maximum Gasteiger partial charge on any atom is 0.495 e. The molecule has 1 saturated heterocycles. The first-order chi connectivity index (χ1) is 16.4. The van der Waals surface area contributed by atoms with Crippen LogP contribution in [-0.2, 0) is 20.5 Å². The third-order valence-corrected chi connectivity index (χ3v) is 7.40. The molecule has 0 aliphatic carbocycles. The molecule has 1 fully saturated rings. The highest BCUT2D eigenvalue weighted by Crippen LogP contribution is 2.37. The zero-order valence-electron chi connectivity index (χ0n) is 19.9. The molecule has 3 aromatic rings. The first-order valence-corrected chi connectivity index (χ1v) is 12.0. The van der Waals surface area contributed by atoms with Gasteiger partial charge in [-0.15, -0.1) is 0 Å². The summed E-state index contributed by atoms with van der Waals surface area (Å²) in [6.07, 6.45) is 0.0628. The molecule has 2 N–H and O–H groups in total. The van der Waals surface area contributed by atoms with E-state index in [1.54, 1.807) is 6.07 Å². The van der Waals surface area contributed by atoms with Crippen LogP contribution >= 0.6 is 23.2 Å². The number of carboxylic acids is 1. The molecule has 0 spiro atoms. The van der Waals surface area contributed by atoms with E-state index in [2.05, 4.69) is 5.32 Å². The molecule has 1 aliphatic heterocycles. The monoisotopic (exact) mass is 513 g/mol. The van der Waals surface area contributed by atoms with E-state index in [1.165, 1.54) is 12.1 Å². The molecule has 0 unspecified atom stereocenters. The van der Waals surface area contributed by atoms with Gasteiger partial charge < -0.3 is 19.7 Å². The Morgan fingerprint density at radius 2 is 1.49 bits per heavy atom. The van der Waals surface area contributed by atoms with E-state index in [1.807, 2.05) is 64.1 Å². The number of amides is 1. The van der Waals surface area contributed by atoms with Crippen molar-refractivity contribution in [2.75, 3.05) is 0 Å². The van der Waals surface area contributed by atoms with Crippen LogP contribution in [0.4, 0.5) is 0 Å². The van der Waals surface area contributed by atoms with Crippen molar-refractivity contribution in [3.63, 3.8) is 0 Å². The second kappa shape index (κ2) is 9.47. The smallest absolute Gasteiger partial charge is 0.480 e. The molecule has 3 aromatic carbocycles. The van der Waals surface area contributed by atoms with Gasteiger partial charge in [-0.1, -0.05) is 65.7 Å². The van der Waals surface area contributed by atoms with E-state index in [-0.39, 0.29) is 22.0 Å². The zero-order valence-corrected chi connectivity index (χ0v) is 21.4. The van der Waals surface area contributed by atoms with Crippen molar-refractivity contribution in [2.45, 2.75) is 51.4 Å². The van der Waals surface area contributed by atoms with Crippen LogP contribution in [0.1, 0.15) is 43.6 Å². The van der Waals surface area contributed by atoms with Gasteiger partial charge in [-0.05, 0) is 61.6 Å². The number of carbonyl (C=O) groups excluding carboxylic acids is 1.